The summed E-state index contributed by atoms with van der Waals surface area (Å²) in [7, 11) is -3.38. The summed E-state index contributed by atoms with van der Waals surface area (Å²) in [6, 6.07) is 11.0. The predicted molar refractivity (Wildman–Crippen MR) is 121 cm³/mol. The largest absolute Gasteiger partial charge is 0.368 e. The van der Waals surface area contributed by atoms with Gasteiger partial charge in [0.1, 0.15) is 5.82 Å². The molecule has 5 nitrogen and oxygen atoms in total. The van der Waals surface area contributed by atoms with Crippen molar-refractivity contribution in [3.63, 3.8) is 0 Å². The number of piperidine rings is 1. The second kappa shape index (κ2) is 8.73. The lowest BCUT2D eigenvalue weighted by Crippen LogP contribution is -2.45. The Bertz CT molecular complexity index is 1010. The first-order chi connectivity index (χ1) is 14.3. The standard InChI is InChI=1S/C22H27ClFN3O2S/c1-30(28,29)25-21-15-22-17(14-20(21)23)7-13-27(22)19-8-11-26(12-9-19)10-6-16-2-4-18(24)5-3-16/h2-5,14-15,19,25H,6-13H2,1H3. The summed E-state index contributed by atoms with van der Waals surface area (Å²) in [5, 5.41) is 0.441. The van der Waals surface area contributed by atoms with Crippen molar-refractivity contribution in [2.75, 3.05) is 42.1 Å². The maximum atomic E-state index is 13.0. The molecule has 0 atom stereocenters. The molecule has 0 aliphatic carbocycles. The molecule has 0 spiro atoms. The zero-order valence-corrected chi connectivity index (χ0v) is 18.6. The molecule has 162 valence electrons. The number of hydrogen-bond donors (Lipinski definition) is 1. The second-order valence-electron chi connectivity index (χ2n) is 8.23. The number of nitrogens with one attached hydrogen (secondary N) is 1. The smallest absolute Gasteiger partial charge is 0.229 e. The van der Waals surface area contributed by atoms with E-state index < -0.39 is 10.0 Å². The minimum atomic E-state index is -3.38. The number of fused-ring (bicyclic) bond motifs is 1. The van der Waals surface area contributed by atoms with Gasteiger partial charge in [0.15, 0.2) is 0 Å². The first kappa shape index (κ1) is 21.4. The van der Waals surface area contributed by atoms with E-state index in [1.165, 1.54) is 17.7 Å². The van der Waals surface area contributed by atoms with Gasteiger partial charge in [0.05, 0.1) is 17.0 Å². The van der Waals surface area contributed by atoms with Gasteiger partial charge in [-0.2, -0.15) is 0 Å². The van der Waals surface area contributed by atoms with Crippen LogP contribution >= 0.6 is 11.6 Å². The molecular weight excluding hydrogens is 425 g/mol. The molecule has 2 aromatic carbocycles. The molecule has 8 heteroatoms. The van der Waals surface area contributed by atoms with Crippen LogP contribution in [0.1, 0.15) is 24.0 Å². The van der Waals surface area contributed by atoms with Crippen molar-refractivity contribution in [3.8, 4) is 0 Å². The average molecular weight is 452 g/mol. The molecule has 30 heavy (non-hydrogen) atoms. The van der Waals surface area contributed by atoms with Crippen LogP contribution in [-0.2, 0) is 22.9 Å². The van der Waals surface area contributed by atoms with Gasteiger partial charge in [-0.15, -0.1) is 0 Å². The molecule has 1 fully saturated rings. The average Bonchev–Trinajstić information content (AvgIpc) is 3.10. The summed E-state index contributed by atoms with van der Waals surface area (Å²) in [4.78, 5) is 4.88. The lowest BCUT2D eigenvalue weighted by molar-refractivity contribution is 0.212. The van der Waals surface area contributed by atoms with Crippen molar-refractivity contribution in [2.24, 2.45) is 0 Å². The fourth-order valence-corrected chi connectivity index (χ4v) is 5.34. The molecule has 2 heterocycles. The van der Waals surface area contributed by atoms with E-state index in [2.05, 4.69) is 14.5 Å². The van der Waals surface area contributed by atoms with Crippen LogP contribution in [0.15, 0.2) is 36.4 Å². The molecule has 0 bridgehead atoms. The quantitative estimate of drug-likeness (QED) is 0.723. The monoisotopic (exact) mass is 451 g/mol. The topological polar surface area (TPSA) is 52.7 Å². The van der Waals surface area contributed by atoms with Crippen molar-refractivity contribution in [1.29, 1.82) is 0 Å². The van der Waals surface area contributed by atoms with Crippen LogP contribution in [0.2, 0.25) is 5.02 Å². The number of halogens is 2. The summed E-state index contributed by atoms with van der Waals surface area (Å²) >= 11 is 6.29. The number of nitrogens with zero attached hydrogens (tertiary/aromatic N) is 2. The van der Waals surface area contributed by atoms with Gasteiger partial charge < -0.3 is 9.80 Å². The number of anilines is 2. The second-order valence-corrected chi connectivity index (χ2v) is 10.4. The van der Waals surface area contributed by atoms with E-state index in [1.807, 2.05) is 24.3 Å². The Labute approximate surface area is 182 Å². The Morgan fingerprint density at radius 1 is 1.13 bits per heavy atom. The number of hydrogen-bond acceptors (Lipinski definition) is 4. The lowest BCUT2D eigenvalue weighted by atomic mass is 10.0. The normalized spacial score (nSPS) is 17.9. The molecule has 2 aromatic rings. The molecule has 0 saturated carbocycles. The summed E-state index contributed by atoms with van der Waals surface area (Å²) < 4.78 is 38.9. The fraction of sp³-hybridized carbons (Fsp3) is 0.455. The van der Waals surface area contributed by atoms with Gasteiger partial charge in [-0.1, -0.05) is 23.7 Å². The van der Waals surface area contributed by atoms with Crippen LogP contribution in [-0.4, -0.2) is 51.8 Å². The van der Waals surface area contributed by atoms with Crippen molar-refractivity contribution in [2.45, 2.75) is 31.7 Å². The summed E-state index contributed by atoms with van der Waals surface area (Å²) in [6.45, 7) is 3.97. The highest BCUT2D eigenvalue weighted by atomic mass is 35.5. The van der Waals surface area contributed by atoms with Crippen molar-refractivity contribution >= 4 is 33.0 Å². The Balaban J connectivity index is 1.37. The van der Waals surface area contributed by atoms with Gasteiger partial charge in [-0.25, -0.2) is 12.8 Å². The number of sulfonamides is 1. The van der Waals surface area contributed by atoms with Crippen molar-refractivity contribution < 1.29 is 12.8 Å². The van der Waals surface area contributed by atoms with Crippen molar-refractivity contribution in [1.82, 2.24) is 4.90 Å². The third-order valence-electron chi connectivity index (χ3n) is 6.02. The summed E-state index contributed by atoms with van der Waals surface area (Å²) in [5.41, 5.74) is 3.88. The summed E-state index contributed by atoms with van der Waals surface area (Å²) in [6.07, 6.45) is 5.13. The van der Waals surface area contributed by atoms with E-state index in [9.17, 15) is 12.8 Å². The molecule has 0 unspecified atom stereocenters. The molecule has 2 aliphatic heterocycles. The molecule has 0 radical (unpaired) electrons. The highest BCUT2D eigenvalue weighted by molar-refractivity contribution is 7.92. The Morgan fingerprint density at radius 3 is 2.50 bits per heavy atom. The van der Waals surface area contributed by atoms with E-state index in [-0.39, 0.29) is 5.82 Å². The van der Waals surface area contributed by atoms with Crippen molar-refractivity contribution in [3.05, 3.63) is 58.4 Å². The SMILES string of the molecule is CS(=O)(=O)Nc1cc2c(cc1Cl)CCN2C1CCN(CCc2ccc(F)cc2)CC1. The van der Waals surface area contributed by atoms with E-state index in [0.29, 0.717) is 16.8 Å². The molecule has 1 N–H and O–H groups in total. The van der Waals surface area contributed by atoms with Crippen LogP contribution < -0.4 is 9.62 Å². The lowest BCUT2D eigenvalue weighted by Gasteiger charge is -2.38. The van der Waals surface area contributed by atoms with E-state index in [0.717, 1.165) is 69.4 Å². The van der Waals surface area contributed by atoms with E-state index in [4.69, 9.17) is 11.6 Å². The Hall–Kier alpha value is -1.83. The minimum Gasteiger partial charge on any atom is -0.368 e. The van der Waals surface area contributed by atoms with Crippen LogP contribution in [0.5, 0.6) is 0 Å². The van der Waals surface area contributed by atoms with E-state index in [1.54, 1.807) is 0 Å². The van der Waals surface area contributed by atoms with Gasteiger partial charge >= 0.3 is 0 Å². The van der Waals surface area contributed by atoms with Gasteiger partial charge in [-0.3, -0.25) is 4.72 Å². The van der Waals surface area contributed by atoms with Gasteiger partial charge in [0.2, 0.25) is 10.0 Å². The van der Waals surface area contributed by atoms with Gasteiger partial charge in [0.25, 0.3) is 0 Å². The third-order valence-corrected chi connectivity index (χ3v) is 6.93. The molecule has 2 aliphatic rings. The highest BCUT2D eigenvalue weighted by Gasteiger charge is 2.30. The van der Waals surface area contributed by atoms with Crippen LogP contribution in [0, 0.1) is 5.82 Å². The number of benzene rings is 2. The fourth-order valence-electron chi connectivity index (χ4n) is 4.48. The minimum absolute atomic E-state index is 0.193. The maximum Gasteiger partial charge on any atom is 0.229 e. The Kier molecular flexibility index (Phi) is 6.23. The first-order valence-corrected chi connectivity index (χ1v) is 12.6. The molecule has 0 aromatic heterocycles. The summed E-state index contributed by atoms with van der Waals surface area (Å²) in [5.74, 6) is -0.193. The predicted octanol–water partition coefficient (Wildman–Crippen LogP) is 3.92. The van der Waals surface area contributed by atoms with Crippen LogP contribution in [0.3, 0.4) is 0 Å². The van der Waals surface area contributed by atoms with Crippen LogP contribution in [0.4, 0.5) is 15.8 Å². The van der Waals surface area contributed by atoms with Gasteiger partial charge in [0, 0.05) is 37.9 Å². The molecular formula is C22H27ClFN3O2S. The third kappa shape index (κ3) is 5.07. The number of likely N-dealkylation sites (tertiary alicyclic amines) is 1. The van der Waals surface area contributed by atoms with E-state index >= 15 is 0 Å². The Morgan fingerprint density at radius 2 is 1.83 bits per heavy atom. The molecule has 1 saturated heterocycles. The zero-order chi connectivity index (χ0) is 21.3. The first-order valence-electron chi connectivity index (χ1n) is 10.3. The highest BCUT2D eigenvalue weighted by Crippen LogP contribution is 2.38. The van der Waals surface area contributed by atoms with Crippen LogP contribution in [0.25, 0.3) is 0 Å². The number of rotatable bonds is 6. The zero-order valence-electron chi connectivity index (χ0n) is 17.1. The van der Waals surface area contributed by atoms with Gasteiger partial charge in [-0.05, 0) is 61.1 Å². The maximum absolute atomic E-state index is 13.0. The molecule has 4 rings (SSSR count). The molecule has 0 amide bonds.